The average molecular weight is 297 g/mol. The minimum atomic E-state index is -2.68. The predicted octanol–water partition coefficient (Wildman–Crippen LogP) is 3.75. The van der Waals surface area contributed by atoms with Crippen molar-refractivity contribution < 1.29 is 23.0 Å². The monoisotopic (exact) mass is 297 g/mol. The molecule has 1 aliphatic carbocycles. The standard InChI is InChI=1S/C15H17F2NO3/c1-20-12-8-13(21-2)11(7-10(12)14(16)17)15(18-9-19)5-3-4-6-15/h7-8,14H,3-6H2,1-2H3. The van der Waals surface area contributed by atoms with Crippen LogP contribution in [0.15, 0.2) is 17.1 Å². The lowest BCUT2D eigenvalue weighted by molar-refractivity contribution is 0.146. The van der Waals surface area contributed by atoms with E-state index in [-0.39, 0.29) is 11.3 Å². The number of alkyl halides is 2. The van der Waals surface area contributed by atoms with Gasteiger partial charge in [-0.3, -0.25) is 0 Å². The van der Waals surface area contributed by atoms with Crippen LogP contribution in [0.2, 0.25) is 0 Å². The SMILES string of the molecule is COc1cc(OC)c(C2(N=C=O)CCCC2)cc1C(F)F. The minimum Gasteiger partial charge on any atom is -0.496 e. The summed E-state index contributed by atoms with van der Waals surface area (Å²) in [7, 11) is 2.78. The first kappa shape index (κ1) is 15.4. The Morgan fingerprint density at radius 1 is 1.19 bits per heavy atom. The summed E-state index contributed by atoms with van der Waals surface area (Å²) < 4.78 is 36.7. The van der Waals surface area contributed by atoms with Crippen LogP contribution in [-0.4, -0.2) is 20.3 Å². The molecule has 0 saturated heterocycles. The first-order valence-electron chi connectivity index (χ1n) is 6.71. The summed E-state index contributed by atoms with van der Waals surface area (Å²) in [5, 5.41) is 0. The molecule has 0 aliphatic heterocycles. The van der Waals surface area contributed by atoms with Crippen LogP contribution in [0.1, 0.15) is 43.2 Å². The van der Waals surface area contributed by atoms with Gasteiger partial charge in [-0.05, 0) is 18.9 Å². The number of carbonyl (C=O) groups excluding carboxylic acids is 1. The van der Waals surface area contributed by atoms with Crippen molar-refractivity contribution in [1.29, 1.82) is 0 Å². The summed E-state index contributed by atoms with van der Waals surface area (Å²) in [5.41, 5.74) is -0.536. The van der Waals surface area contributed by atoms with Crippen molar-refractivity contribution in [2.75, 3.05) is 14.2 Å². The Hall–Kier alpha value is -1.94. The molecule has 6 heteroatoms. The van der Waals surface area contributed by atoms with Gasteiger partial charge in [-0.15, -0.1) is 0 Å². The van der Waals surface area contributed by atoms with Crippen LogP contribution in [0.5, 0.6) is 11.5 Å². The van der Waals surface area contributed by atoms with Gasteiger partial charge in [0, 0.05) is 11.6 Å². The third-order valence-electron chi connectivity index (χ3n) is 3.98. The van der Waals surface area contributed by atoms with Crippen molar-refractivity contribution in [2.45, 2.75) is 37.6 Å². The van der Waals surface area contributed by atoms with Crippen molar-refractivity contribution in [3.8, 4) is 11.5 Å². The molecule has 0 atom stereocenters. The quantitative estimate of drug-likeness (QED) is 0.614. The fraction of sp³-hybridized carbons (Fsp3) is 0.533. The van der Waals surface area contributed by atoms with Crippen molar-refractivity contribution in [2.24, 2.45) is 4.99 Å². The highest BCUT2D eigenvalue weighted by Gasteiger charge is 2.39. The number of isocyanates is 1. The zero-order valence-corrected chi connectivity index (χ0v) is 12.0. The smallest absolute Gasteiger partial charge is 0.267 e. The van der Waals surface area contributed by atoms with Gasteiger partial charge in [-0.1, -0.05) is 12.8 Å². The van der Waals surface area contributed by atoms with Crippen molar-refractivity contribution in [1.82, 2.24) is 0 Å². The molecule has 114 valence electrons. The normalized spacial score (nSPS) is 16.6. The van der Waals surface area contributed by atoms with Gasteiger partial charge in [0.2, 0.25) is 6.08 Å². The number of nitrogens with zero attached hydrogens (tertiary/aromatic N) is 1. The molecular weight excluding hydrogens is 280 g/mol. The van der Waals surface area contributed by atoms with E-state index in [0.717, 1.165) is 12.8 Å². The van der Waals surface area contributed by atoms with Crippen LogP contribution < -0.4 is 9.47 Å². The molecule has 0 heterocycles. The van der Waals surface area contributed by atoms with Gasteiger partial charge in [0.25, 0.3) is 6.43 Å². The Kier molecular flexibility index (Phi) is 4.58. The summed E-state index contributed by atoms with van der Waals surface area (Å²) >= 11 is 0. The zero-order chi connectivity index (χ0) is 15.5. The fourth-order valence-electron chi connectivity index (χ4n) is 2.95. The average Bonchev–Trinajstić information content (AvgIpc) is 2.95. The van der Waals surface area contributed by atoms with E-state index in [2.05, 4.69) is 4.99 Å². The lowest BCUT2D eigenvalue weighted by atomic mass is 9.87. The molecule has 21 heavy (non-hydrogen) atoms. The highest BCUT2D eigenvalue weighted by Crippen LogP contribution is 2.48. The molecule has 1 fully saturated rings. The molecule has 2 rings (SSSR count). The van der Waals surface area contributed by atoms with E-state index in [4.69, 9.17) is 9.47 Å². The number of benzene rings is 1. The molecule has 1 aromatic rings. The number of aliphatic imine (C=N–C) groups is 1. The van der Waals surface area contributed by atoms with E-state index < -0.39 is 12.0 Å². The van der Waals surface area contributed by atoms with Gasteiger partial charge in [0.15, 0.2) is 0 Å². The van der Waals surface area contributed by atoms with Gasteiger partial charge < -0.3 is 9.47 Å². The molecule has 1 aromatic carbocycles. The molecule has 4 nitrogen and oxygen atoms in total. The predicted molar refractivity (Wildman–Crippen MR) is 72.8 cm³/mol. The summed E-state index contributed by atoms with van der Waals surface area (Å²) in [6, 6.07) is 2.77. The molecule has 0 bridgehead atoms. The molecule has 1 aliphatic rings. The number of ether oxygens (including phenoxy) is 2. The molecule has 0 radical (unpaired) electrons. The topological polar surface area (TPSA) is 47.9 Å². The highest BCUT2D eigenvalue weighted by atomic mass is 19.3. The fourth-order valence-corrected chi connectivity index (χ4v) is 2.95. The number of hydrogen-bond acceptors (Lipinski definition) is 4. The Morgan fingerprint density at radius 3 is 2.29 bits per heavy atom. The van der Waals surface area contributed by atoms with Crippen LogP contribution in [0.3, 0.4) is 0 Å². The number of methoxy groups -OCH3 is 2. The lowest BCUT2D eigenvalue weighted by Crippen LogP contribution is -2.20. The van der Waals surface area contributed by atoms with E-state index >= 15 is 0 Å². The molecule has 0 amide bonds. The highest BCUT2D eigenvalue weighted by molar-refractivity contribution is 5.52. The summed E-state index contributed by atoms with van der Waals surface area (Å²) in [5.74, 6) is 0.464. The molecular formula is C15H17F2NO3. The molecule has 0 spiro atoms. The van der Waals surface area contributed by atoms with Crippen LogP contribution in [-0.2, 0) is 10.3 Å². The van der Waals surface area contributed by atoms with E-state index in [1.54, 1.807) is 6.08 Å². The van der Waals surface area contributed by atoms with Crippen LogP contribution in [0.25, 0.3) is 0 Å². The minimum absolute atomic E-state index is 0.0637. The second-order valence-corrected chi connectivity index (χ2v) is 5.04. The van der Waals surface area contributed by atoms with Gasteiger partial charge in [0.1, 0.15) is 17.0 Å². The summed E-state index contributed by atoms with van der Waals surface area (Å²) in [4.78, 5) is 14.7. The Morgan fingerprint density at radius 2 is 1.81 bits per heavy atom. The Labute approximate surface area is 121 Å². The molecule has 0 N–H and O–H groups in total. The maximum Gasteiger partial charge on any atom is 0.267 e. The van der Waals surface area contributed by atoms with E-state index in [1.165, 1.54) is 26.4 Å². The van der Waals surface area contributed by atoms with E-state index in [1.807, 2.05) is 0 Å². The summed E-state index contributed by atoms with van der Waals surface area (Å²) in [6.45, 7) is 0. The Balaban J connectivity index is 2.65. The second-order valence-electron chi connectivity index (χ2n) is 5.04. The largest absolute Gasteiger partial charge is 0.496 e. The van der Waals surface area contributed by atoms with Crippen molar-refractivity contribution in [3.63, 3.8) is 0 Å². The van der Waals surface area contributed by atoms with Crippen molar-refractivity contribution in [3.05, 3.63) is 23.3 Å². The van der Waals surface area contributed by atoms with E-state index in [0.29, 0.717) is 24.2 Å². The third kappa shape index (κ3) is 2.76. The first-order valence-corrected chi connectivity index (χ1v) is 6.71. The van der Waals surface area contributed by atoms with Crippen LogP contribution in [0.4, 0.5) is 8.78 Å². The van der Waals surface area contributed by atoms with Gasteiger partial charge in [-0.25, -0.2) is 13.6 Å². The second kappa shape index (κ2) is 6.22. The molecule has 0 unspecified atom stereocenters. The van der Waals surface area contributed by atoms with Gasteiger partial charge >= 0.3 is 0 Å². The number of hydrogen-bond donors (Lipinski definition) is 0. The summed E-state index contributed by atoms with van der Waals surface area (Å²) in [6.07, 6.45) is 1.90. The van der Waals surface area contributed by atoms with Crippen molar-refractivity contribution >= 4 is 6.08 Å². The molecule has 0 aromatic heterocycles. The Bertz CT molecular complexity index is 562. The zero-order valence-electron chi connectivity index (χ0n) is 12.0. The third-order valence-corrected chi connectivity index (χ3v) is 3.98. The lowest BCUT2D eigenvalue weighted by Gasteiger charge is -2.26. The van der Waals surface area contributed by atoms with Crippen LogP contribution >= 0.6 is 0 Å². The van der Waals surface area contributed by atoms with Gasteiger partial charge in [0.05, 0.1) is 19.8 Å². The van der Waals surface area contributed by atoms with E-state index in [9.17, 15) is 13.6 Å². The maximum atomic E-state index is 13.2. The van der Waals surface area contributed by atoms with Crippen LogP contribution in [0, 0.1) is 0 Å². The maximum absolute atomic E-state index is 13.2. The number of halogens is 2. The number of rotatable bonds is 5. The molecule has 1 saturated carbocycles. The van der Waals surface area contributed by atoms with Gasteiger partial charge in [-0.2, -0.15) is 4.99 Å². The first-order chi connectivity index (χ1) is 10.1.